The fourth-order valence-electron chi connectivity index (χ4n) is 4.24. The molecule has 1 saturated heterocycles. The number of hydrogen-bond acceptors (Lipinski definition) is 4. The molecule has 0 aliphatic carbocycles. The van der Waals surface area contributed by atoms with Crippen molar-refractivity contribution in [3.8, 4) is 0 Å². The molecule has 0 aromatic heterocycles. The van der Waals surface area contributed by atoms with Gasteiger partial charge in [-0.2, -0.15) is 0 Å². The summed E-state index contributed by atoms with van der Waals surface area (Å²) in [5, 5.41) is 5.08. The Kier molecular flexibility index (Phi) is 9.10. The van der Waals surface area contributed by atoms with Crippen molar-refractivity contribution in [2.24, 2.45) is 5.92 Å². The smallest absolute Gasteiger partial charge is 0.321 e. The van der Waals surface area contributed by atoms with E-state index in [1.807, 2.05) is 42.5 Å². The first-order valence-electron chi connectivity index (χ1n) is 12.0. The predicted molar refractivity (Wildman–Crippen MR) is 130 cm³/mol. The lowest BCUT2D eigenvalue weighted by molar-refractivity contribution is -0.151. The molecule has 0 radical (unpaired) electrons. The molecule has 1 aliphatic rings. The second-order valence-electron chi connectivity index (χ2n) is 8.48. The van der Waals surface area contributed by atoms with Crippen LogP contribution >= 0.6 is 0 Å². The molecule has 0 bridgehead atoms. The summed E-state index contributed by atoms with van der Waals surface area (Å²) in [6, 6.07) is 13.6. The Morgan fingerprint density at radius 2 is 1.88 bits per heavy atom. The molecule has 7 heteroatoms. The normalized spacial score (nSPS) is 15.8. The van der Waals surface area contributed by atoms with Crippen molar-refractivity contribution in [2.75, 3.05) is 38.1 Å². The summed E-state index contributed by atoms with van der Waals surface area (Å²) >= 11 is 0. The van der Waals surface area contributed by atoms with E-state index in [0.717, 1.165) is 42.1 Å². The van der Waals surface area contributed by atoms with Crippen molar-refractivity contribution >= 4 is 34.4 Å². The van der Waals surface area contributed by atoms with Crippen LogP contribution in [0.15, 0.2) is 42.5 Å². The van der Waals surface area contributed by atoms with Crippen molar-refractivity contribution in [3.05, 3.63) is 42.5 Å². The molecule has 1 unspecified atom stereocenters. The van der Waals surface area contributed by atoms with E-state index in [0.29, 0.717) is 32.8 Å². The van der Waals surface area contributed by atoms with Gasteiger partial charge in [0.25, 0.3) is 0 Å². The molecule has 7 nitrogen and oxygen atoms in total. The van der Waals surface area contributed by atoms with E-state index in [2.05, 4.69) is 12.2 Å². The van der Waals surface area contributed by atoms with Gasteiger partial charge in [-0.1, -0.05) is 49.7 Å². The summed E-state index contributed by atoms with van der Waals surface area (Å²) in [5.74, 6) is -0.508. The number of piperidine rings is 1. The van der Waals surface area contributed by atoms with Gasteiger partial charge in [0.15, 0.2) is 0 Å². The lowest BCUT2D eigenvalue weighted by atomic mass is 9.98. The van der Waals surface area contributed by atoms with Crippen molar-refractivity contribution in [3.63, 3.8) is 0 Å². The van der Waals surface area contributed by atoms with Crippen LogP contribution in [0.3, 0.4) is 0 Å². The molecule has 1 atom stereocenters. The Labute approximate surface area is 196 Å². The number of nitrogens with zero attached hydrogens (tertiary/aromatic N) is 2. The van der Waals surface area contributed by atoms with Crippen LogP contribution in [-0.2, 0) is 14.3 Å². The van der Waals surface area contributed by atoms with Crippen molar-refractivity contribution in [1.29, 1.82) is 0 Å². The van der Waals surface area contributed by atoms with Crippen molar-refractivity contribution < 1.29 is 19.1 Å². The van der Waals surface area contributed by atoms with Gasteiger partial charge in [-0.05, 0) is 37.6 Å². The number of urea groups is 1. The second kappa shape index (κ2) is 12.2. The highest BCUT2D eigenvalue weighted by molar-refractivity contribution is 6.01. The monoisotopic (exact) mass is 453 g/mol. The zero-order valence-electron chi connectivity index (χ0n) is 19.7. The number of carbonyl (C=O) groups is 3. The van der Waals surface area contributed by atoms with Gasteiger partial charge in [0.05, 0.1) is 18.2 Å². The number of ether oxygens (including phenoxy) is 1. The van der Waals surface area contributed by atoms with Gasteiger partial charge in [0.2, 0.25) is 5.91 Å². The van der Waals surface area contributed by atoms with E-state index in [9.17, 15) is 14.4 Å². The first kappa shape index (κ1) is 24.6. The van der Waals surface area contributed by atoms with E-state index in [1.165, 1.54) is 0 Å². The molecule has 3 rings (SSSR count). The van der Waals surface area contributed by atoms with Gasteiger partial charge in [-0.15, -0.1) is 0 Å². The minimum Gasteiger partial charge on any atom is -0.466 e. The van der Waals surface area contributed by atoms with Crippen molar-refractivity contribution in [2.45, 2.75) is 46.0 Å². The minimum atomic E-state index is -0.256. The van der Waals surface area contributed by atoms with Crippen molar-refractivity contribution in [1.82, 2.24) is 9.80 Å². The summed E-state index contributed by atoms with van der Waals surface area (Å²) in [6.07, 6.45) is 3.60. The van der Waals surface area contributed by atoms with Crippen LogP contribution < -0.4 is 5.32 Å². The summed E-state index contributed by atoms with van der Waals surface area (Å²) in [5.41, 5.74) is 0.763. The molecule has 33 heavy (non-hydrogen) atoms. The SMILES string of the molecule is CCCCN(CCC(=O)N1CCCC(C(=O)OCC)C1)C(=O)Nc1cccc2ccccc12. The zero-order valence-corrected chi connectivity index (χ0v) is 19.7. The lowest BCUT2D eigenvalue weighted by Crippen LogP contribution is -2.44. The Balaban J connectivity index is 1.61. The predicted octanol–water partition coefficient (Wildman–Crippen LogP) is 4.67. The molecule has 1 heterocycles. The molecule has 2 aromatic carbocycles. The van der Waals surface area contributed by atoms with E-state index >= 15 is 0 Å². The number of hydrogen-bond donors (Lipinski definition) is 1. The number of carbonyl (C=O) groups excluding carboxylic acids is 3. The number of esters is 1. The molecule has 0 spiro atoms. The van der Waals surface area contributed by atoms with Crippen LogP contribution in [0.2, 0.25) is 0 Å². The zero-order chi connectivity index (χ0) is 23.6. The Morgan fingerprint density at radius 1 is 1.09 bits per heavy atom. The molecule has 1 aliphatic heterocycles. The van der Waals surface area contributed by atoms with E-state index in [4.69, 9.17) is 4.74 Å². The van der Waals surface area contributed by atoms with E-state index in [-0.39, 0.29) is 30.2 Å². The van der Waals surface area contributed by atoms with E-state index in [1.54, 1.807) is 16.7 Å². The Morgan fingerprint density at radius 3 is 2.67 bits per heavy atom. The standard InChI is InChI=1S/C26H35N3O4/c1-3-5-16-28(26(32)27-23-14-8-11-20-10-6-7-13-22(20)23)18-15-24(30)29-17-9-12-21(19-29)25(31)33-4-2/h6-8,10-11,13-14,21H,3-5,9,12,15-19H2,1-2H3,(H,27,32). The number of rotatable bonds is 9. The Hall–Kier alpha value is -3.09. The van der Waals surface area contributed by atoms with E-state index < -0.39 is 0 Å². The summed E-state index contributed by atoms with van der Waals surface area (Å²) < 4.78 is 5.13. The highest BCUT2D eigenvalue weighted by atomic mass is 16.5. The van der Waals surface area contributed by atoms with Crippen LogP contribution in [-0.4, -0.2) is 60.5 Å². The lowest BCUT2D eigenvalue weighted by Gasteiger charge is -2.32. The van der Waals surface area contributed by atoms with Crippen LogP contribution in [0.4, 0.5) is 10.5 Å². The van der Waals surface area contributed by atoms with Gasteiger partial charge >= 0.3 is 12.0 Å². The molecule has 2 aromatic rings. The summed E-state index contributed by atoms with van der Waals surface area (Å²) in [4.78, 5) is 41.5. The first-order chi connectivity index (χ1) is 16.0. The molecule has 1 N–H and O–H groups in total. The van der Waals surface area contributed by atoms with Gasteiger partial charge in [0, 0.05) is 38.0 Å². The van der Waals surface area contributed by atoms with Gasteiger partial charge < -0.3 is 19.9 Å². The largest absolute Gasteiger partial charge is 0.466 e. The van der Waals surface area contributed by atoms with Crippen LogP contribution in [0.1, 0.15) is 46.0 Å². The molecule has 178 valence electrons. The number of nitrogens with one attached hydrogen (secondary N) is 1. The highest BCUT2D eigenvalue weighted by Gasteiger charge is 2.29. The third-order valence-corrected chi connectivity index (χ3v) is 6.09. The van der Waals surface area contributed by atoms with Crippen LogP contribution in [0.25, 0.3) is 10.8 Å². The molecule has 0 saturated carbocycles. The maximum Gasteiger partial charge on any atom is 0.321 e. The van der Waals surface area contributed by atoms with Crippen LogP contribution in [0.5, 0.6) is 0 Å². The number of anilines is 1. The summed E-state index contributed by atoms with van der Waals surface area (Å²) in [7, 11) is 0. The maximum atomic E-state index is 13.1. The average molecular weight is 454 g/mol. The van der Waals surface area contributed by atoms with Gasteiger partial charge in [-0.25, -0.2) is 4.79 Å². The molecular weight excluding hydrogens is 418 g/mol. The van der Waals surface area contributed by atoms with Gasteiger partial charge in [-0.3, -0.25) is 9.59 Å². The second-order valence-corrected chi connectivity index (χ2v) is 8.48. The summed E-state index contributed by atoms with van der Waals surface area (Å²) in [6.45, 7) is 6.19. The molecule has 3 amide bonds. The minimum absolute atomic E-state index is 0.0246. The highest BCUT2D eigenvalue weighted by Crippen LogP contribution is 2.23. The number of unbranched alkanes of at least 4 members (excludes halogenated alkanes) is 1. The number of benzene rings is 2. The third kappa shape index (κ3) is 6.70. The number of fused-ring (bicyclic) bond motifs is 1. The quantitative estimate of drug-likeness (QED) is 0.560. The fraction of sp³-hybridized carbons (Fsp3) is 0.500. The maximum absolute atomic E-state index is 13.1. The third-order valence-electron chi connectivity index (χ3n) is 6.09. The van der Waals surface area contributed by atoms with Gasteiger partial charge in [0.1, 0.15) is 0 Å². The fourth-order valence-corrected chi connectivity index (χ4v) is 4.24. The topological polar surface area (TPSA) is 79.0 Å². The number of likely N-dealkylation sites (tertiary alicyclic amines) is 1. The Bertz CT molecular complexity index is 956. The van der Waals surface area contributed by atoms with Crippen LogP contribution in [0, 0.1) is 5.92 Å². The number of amides is 3. The average Bonchev–Trinajstić information content (AvgIpc) is 2.84. The first-order valence-corrected chi connectivity index (χ1v) is 12.0. The molecular formula is C26H35N3O4. The molecule has 1 fully saturated rings.